The van der Waals surface area contributed by atoms with Crippen molar-refractivity contribution in [2.24, 2.45) is 5.73 Å². The zero-order chi connectivity index (χ0) is 13.5. The molecule has 1 heterocycles. The van der Waals surface area contributed by atoms with E-state index in [9.17, 15) is 4.79 Å². The van der Waals surface area contributed by atoms with Crippen LogP contribution in [0.15, 0.2) is 12.1 Å². The van der Waals surface area contributed by atoms with Crippen LogP contribution < -0.4 is 11.1 Å². The van der Waals surface area contributed by atoms with Crippen LogP contribution in [0, 0.1) is 6.92 Å². The predicted octanol–water partition coefficient (Wildman–Crippen LogP) is 1.99. The van der Waals surface area contributed by atoms with E-state index in [1.807, 2.05) is 13.0 Å². The fraction of sp³-hybridized carbons (Fsp3) is 0.615. The van der Waals surface area contributed by atoms with Crippen LogP contribution in [-0.4, -0.2) is 25.7 Å². The van der Waals surface area contributed by atoms with E-state index >= 15 is 0 Å². The smallest absolute Gasteiger partial charge is 0.237 e. The molecule has 18 heavy (non-hydrogen) atoms. The summed E-state index contributed by atoms with van der Waals surface area (Å²) >= 11 is 1.70. The maximum absolute atomic E-state index is 11.9. The molecule has 4 nitrogen and oxygen atoms in total. The summed E-state index contributed by atoms with van der Waals surface area (Å²) in [6.45, 7) is 4.67. The van der Waals surface area contributed by atoms with Gasteiger partial charge in [0.1, 0.15) is 0 Å². The minimum absolute atomic E-state index is 0.0182. The van der Waals surface area contributed by atoms with E-state index in [1.165, 1.54) is 4.88 Å². The Kier molecular flexibility index (Phi) is 6.32. The number of thiophene rings is 1. The molecule has 2 unspecified atom stereocenters. The summed E-state index contributed by atoms with van der Waals surface area (Å²) in [4.78, 5) is 14.3. The van der Waals surface area contributed by atoms with Gasteiger partial charge in [0.15, 0.2) is 0 Å². The number of amides is 1. The summed E-state index contributed by atoms with van der Waals surface area (Å²) in [7, 11) is 1.65. The molecule has 0 aliphatic carbocycles. The van der Waals surface area contributed by atoms with Gasteiger partial charge in [0.2, 0.25) is 5.91 Å². The first-order valence-corrected chi connectivity index (χ1v) is 6.97. The van der Waals surface area contributed by atoms with Gasteiger partial charge in [-0.1, -0.05) is 0 Å². The maximum Gasteiger partial charge on any atom is 0.237 e. The minimum atomic E-state index is -0.455. The second-order valence-corrected chi connectivity index (χ2v) is 5.74. The molecular formula is C13H22N2O2S. The highest BCUT2D eigenvalue weighted by Gasteiger charge is 2.16. The molecule has 2 atom stereocenters. The largest absolute Gasteiger partial charge is 0.385 e. The van der Waals surface area contributed by atoms with Crippen LogP contribution in [0.2, 0.25) is 0 Å². The van der Waals surface area contributed by atoms with Gasteiger partial charge in [0.05, 0.1) is 12.1 Å². The molecule has 3 N–H and O–H groups in total. The van der Waals surface area contributed by atoms with Crippen LogP contribution >= 0.6 is 11.3 Å². The van der Waals surface area contributed by atoms with Crippen LogP contribution in [-0.2, 0) is 9.53 Å². The van der Waals surface area contributed by atoms with Crippen LogP contribution in [0.25, 0.3) is 0 Å². The van der Waals surface area contributed by atoms with E-state index in [0.717, 1.165) is 11.3 Å². The molecular weight excluding hydrogens is 248 g/mol. The molecule has 0 aliphatic rings. The Morgan fingerprint density at radius 2 is 2.28 bits per heavy atom. The van der Waals surface area contributed by atoms with Gasteiger partial charge in [-0.3, -0.25) is 4.79 Å². The first kappa shape index (κ1) is 15.1. The maximum atomic E-state index is 11.9. The Hall–Kier alpha value is -0.910. The Morgan fingerprint density at radius 1 is 1.56 bits per heavy atom. The molecule has 1 amide bonds. The quantitative estimate of drug-likeness (QED) is 0.745. The summed E-state index contributed by atoms with van der Waals surface area (Å²) in [5.74, 6) is -0.0929. The van der Waals surface area contributed by atoms with Crippen LogP contribution in [0.5, 0.6) is 0 Å². The number of carbonyl (C=O) groups excluding carboxylic acids is 1. The normalized spacial score (nSPS) is 14.2. The van der Waals surface area contributed by atoms with Gasteiger partial charge in [-0.05, 0) is 38.8 Å². The fourth-order valence-corrected chi connectivity index (χ4v) is 2.54. The van der Waals surface area contributed by atoms with Gasteiger partial charge in [-0.25, -0.2) is 0 Å². The summed E-state index contributed by atoms with van der Waals surface area (Å²) in [6.07, 6.45) is 1.45. The van der Waals surface area contributed by atoms with Crippen molar-refractivity contribution in [1.82, 2.24) is 5.32 Å². The molecule has 0 fully saturated rings. The third-order valence-corrected chi connectivity index (χ3v) is 3.93. The van der Waals surface area contributed by atoms with Crippen molar-refractivity contribution in [2.75, 3.05) is 13.7 Å². The third-order valence-electron chi connectivity index (χ3n) is 2.75. The summed E-state index contributed by atoms with van der Waals surface area (Å²) < 4.78 is 4.94. The van der Waals surface area contributed by atoms with Gasteiger partial charge in [0.25, 0.3) is 0 Å². The number of hydrogen-bond acceptors (Lipinski definition) is 4. The number of rotatable bonds is 7. The Bertz CT molecular complexity index is 379. The van der Waals surface area contributed by atoms with E-state index in [4.69, 9.17) is 10.5 Å². The number of carbonyl (C=O) groups is 1. The van der Waals surface area contributed by atoms with Crippen LogP contribution in [0.4, 0.5) is 0 Å². The molecule has 5 heteroatoms. The second-order valence-electron chi connectivity index (χ2n) is 4.42. The first-order valence-electron chi connectivity index (χ1n) is 6.15. The van der Waals surface area contributed by atoms with E-state index in [-0.39, 0.29) is 11.9 Å². The summed E-state index contributed by atoms with van der Waals surface area (Å²) in [5, 5.41) is 2.94. The lowest BCUT2D eigenvalue weighted by Crippen LogP contribution is -2.41. The zero-order valence-electron chi connectivity index (χ0n) is 11.2. The van der Waals surface area contributed by atoms with Gasteiger partial charge >= 0.3 is 0 Å². The summed E-state index contributed by atoms with van der Waals surface area (Å²) in [6, 6.07) is 3.66. The van der Waals surface area contributed by atoms with Crippen LogP contribution in [0.1, 0.15) is 35.6 Å². The van der Waals surface area contributed by atoms with Crippen molar-refractivity contribution in [1.29, 1.82) is 0 Å². The SMILES string of the molecule is COCCCC(N)C(=O)NC(C)c1ccc(C)s1. The number of hydrogen-bond donors (Lipinski definition) is 2. The number of nitrogens with one attached hydrogen (secondary N) is 1. The molecule has 1 rings (SSSR count). The van der Waals surface area contributed by atoms with E-state index in [2.05, 4.69) is 18.3 Å². The molecule has 1 aromatic rings. The van der Waals surface area contributed by atoms with Crippen molar-refractivity contribution < 1.29 is 9.53 Å². The first-order chi connectivity index (χ1) is 8.54. The lowest BCUT2D eigenvalue weighted by molar-refractivity contribution is -0.123. The second kappa shape index (κ2) is 7.51. The average molecular weight is 270 g/mol. The molecule has 0 saturated carbocycles. The average Bonchev–Trinajstić information content (AvgIpc) is 2.76. The number of nitrogens with two attached hydrogens (primary N) is 1. The minimum Gasteiger partial charge on any atom is -0.385 e. The van der Waals surface area contributed by atoms with Gasteiger partial charge in [-0.15, -0.1) is 11.3 Å². The highest BCUT2D eigenvalue weighted by molar-refractivity contribution is 7.12. The molecule has 0 radical (unpaired) electrons. The van der Waals surface area contributed by atoms with Crippen molar-refractivity contribution in [3.05, 3.63) is 21.9 Å². The lowest BCUT2D eigenvalue weighted by atomic mass is 10.1. The fourth-order valence-electron chi connectivity index (χ4n) is 1.66. The van der Waals surface area contributed by atoms with Gasteiger partial charge < -0.3 is 15.8 Å². The van der Waals surface area contributed by atoms with Crippen molar-refractivity contribution in [2.45, 2.75) is 38.8 Å². The van der Waals surface area contributed by atoms with Gasteiger partial charge in [-0.2, -0.15) is 0 Å². The molecule has 0 aromatic carbocycles. The van der Waals surface area contributed by atoms with Gasteiger partial charge in [0, 0.05) is 23.5 Å². The number of methoxy groups -OCH3 is 1. The number of aryl methyl sites for hydroxylation is 1. The standard InChI is InChI=1S/C13H22N2O2S/c1-9-6-7-12(18-9)10(2)15-13(16)11(14)5-4-8-17-3/h6-7,10-11H,4-5,8,14H2,1-3H3,(H,15,16). The molecule has 1 aromatic heterocycles. The van der Waals surface area contributed by atoms with Crippen molar-refractivity contribution in [3.8, 4) is 0 Å². The lowest BCUT2D eigenvalue weighted by Gasteiger charge is -2.16. The molecule has 102 valence electrons. The van der Waals surface area contributed by atoms with E-state index in [0.29, 0.717) is 13.0 Å². The van der Waals surface area contributed by atoms with Crippen molar-refractivity contribution >= 4 is 17.2 Å². The Balaban J connectivity index is 2.39. The Morgan fingerprint density at radius 3 is 2.83 bits per heavy atom. The molecule has 0 spiro atoms. The zero-order valence-corrected chi connectivity index (χ0v) is 12.0. The summed E-state index contributed by atoms with van der Waals surface area (Å²) in [5.41, 5.74) is 5.83. The molecule has 0 aliphatic heterocycles. The van der Waals surface area contributed by atoms with E-state index < -0.39 is 6.04 Å². The number of ether oxygens (including phenoxy) is 1. The van der Waals surface area contributed by atoms with Crippen molar-refractivity contribution in [3.63, 3.8) is 0 Å². The highest BCUT2D eigenvalue weighted by atomic mass is 32.1. The Labute approximate surface area is 113 Å². The van der Waals surface area contributed by atoms with E-state index in [1.54, 1.807) is 18.4 Å². The molecule has 0 saturated heterocycles. The highest BCUT2D eigenvalue weighted by Crippen LogP contribution is 2.22. The molecule has 0 bridgehead atoms. The predicted molar refractivity (Wildman–Crippen MR) is 74.7 cm³/mol. The van der Waals surface area contributed by atoms with Crippen LogP contribution in [0.3, 0.4) is 0 Å². The monoisotopic (exact) mass is 270 g/mol. The topological polar surface area (TPSA) is 64.3 Å². The third kappa shape index (κ3) is 4.76.